The number of phenols is 1. The Bertz CT molecular complexity index is 511. The Hall–Kier alpha value is -2.30. The van der Waals surface area contributed by atoms with E-state index in [1.807, 2.05) is 0 Å². The van der Waals surface area contributed by atoms with Gasteiger partial charge in [0, 0.05) is 18.7 Å². The average molecular weight is 246 g/mol. The Morgan fingerprint density at radius 3 is 2.94 bits per heavy atom. The first-order valence-corrected chi connectivity index (χ1v) is 5.66. The second-order valence-corrected chi connectivity index (χ2v) is 3.98. The Kier molecular flexibility index (Phi) is 3.32. The van der Waals surface area contributed by atoms with E-state index >= 15 is 0 Å². The zero-order valence-corrected chi connectivity index (χ0v) is 9.85. The average Bonchev–Trinajstić information content (AvgIpc) is 2.36. The molecular weight excluding hydrogens is 232 g/mol. The molecule has 1 aromatic carbocycles. The zero-order chi connectivity index (χ0) is 13.1. The number of phenolic OH excluding ortho intramolecular Hbond substituents is 1. The number of hydrogen-bond donors (Lipinski definition) is 2. The van der Waals surface area contributed by atoms with Gasteiger partial charge in [-0.15, -0.1) is 6.58 Å². The maximum Gasteiger partial charge on any atom is 0.316 e. The molecule has 1 saturated heterocycles. The van der Waals surface area contributed by atoms with Crippen molar-refractivity contribution in [2.75, 3.05) is 18.0 Å². The summed E-state index contributed by atoms with van der Waals surface area (Å²) in [7, 11) is 0. The van der Waals surface area contributed by atoms with Crippen LogP contribution >= 0.6 is 0 Å². The summed E-state index contributed by atoms with van der Waals surface area (Å²) in [6.07, 6.45) is 2.08. The number of anilines is 1. The summed E-state index contributed by atoms with van der Waals surface area (Å²) in [4.78, 5) is 24.5. The number of aromatic hydroxyl groups is 1. The van der Waals surface area contributed by atoms with E-state index in [1.54, 1.807) is 24.3 Å². The second kappa shape index (κ2) is 4.91. The minimum Gasteiger partial charge on any atom is -0.508 e. The smallest absolute Gasteiger partial charge is 0.316 e. The maximum atomic E-state index is 11.8. The first-order chi connectivity index (χ1) is 8.65. The third-order valence-corrected chi connectivity index (χ3v) is 2.83. The molecule has 0 atom stereocenters. The molecule has 1 fully saturated rings. The fraction of sp³-hybridized carbons (Fsp3) is 0.231. The number of hydrogen-bond acceptors (Lipinski definition) is 3. The highest BCUT2D eigenvalue weighted by Crippen LogP contribution is 2.29. The van der Waals surface area contributed by atoms with Gasteiger partial charge in [0.1, 0.15) is 5.75 Å². The molecule has 0 bridgehead atoms. The molecule has 0 aromatic heterocycles. The second-order valence-electron chi connectivity index (χ2n) is 3.98. The first-order valence-electron chi connectivity index (χ1n) is 5.66. The van der Waals surface area contributed by atoms with Crippen LogP contribution in [0.15, 0.2) is 30.9 Å². The van der Waals surface area contributed by atoms with Gasteiger partial charge in [-0.3, -0.25) is 9.59 Å². The normalized spacial score (nSPS) is 15.4. The molecular formula is C13H14N2O3. The van der Waals surface area contributed by atoms with Gasteiger partial charge in [-0.2, -0.15) is 0 Å². The van der Waals surface area contributed by atoms with E-state index in [1.165, 1.54) is 4.90 Å². The van der Waals surface area contributed by atoms with Crippen LogP contribution in [0.2, 0.25) is 0 Å². The Balaban J connectivity index is 2.43. The summed E-state index contributed by atoms with van der Waals surface area (Å²) >= 11 is 0. The minimum absolute atomic E-state index is 0.103. The summed E-state index contributed by atoms with van der Waals surface area (Å²) in [5.74, 6) is -1.11. The predicted molar refractivity (Wildman–Crippen MR) is 67.4 cm³/mol. The molecule has 0 spiro atoms. The highest BCUT2D eigenvalue weighted by molar-refractivity contribution is 6.41. The van der Waals surface area contributed by atoms with E-state index in [0.717, 1.165) is 0 Å². The standard InChI is InChI=1S/C13H14N2O3/c1-2-4-9-10(5-3-6-11(9)16)15-8-7-14-12(17)13(15)18/h2-3,5-6,16H,1,4,7-8H2,(H,14,17). The van der Waals surface area contributed by atoms with E-state index in [2.05, 4.69) is 11.9 Å². The minimum atomic E-state index is -0.617. The van der Waals surface area contributed by atoms with E-state index in [4.69, 9.17) is 0 Å². The van der Waals surface area contributed by atoms with E-state index in [0.29, 0.717) is 30.8 Å². The van der Waals surface area contributed by atoms with Gasteiger partial charge in [-0.25, -0.2) is 0 Å². The molecule has 1 heterocycles. The molecule has 0 aliphatic carbocycles. The summed E-state index contributed by atoms with van der Waals surface area (Å²) < 4.78 is 0. The van der Waals surface area contributed by atoms with Crippen molar-refractivity contribution >= 4 is 17.5 Å². The molecule has 0 unspecified atom stereocenters. The molecule has 5 nitrogen and oxygen atoms in total. The number of nitrogens with zero attached hydrogens (tertiary/aromatic N) is 1. The third kappa shape index (κ3) is 2.07. The predicted octanol–water partition coefficient (Wildman–Crippen LogP) is 0.583. The van der Waals surface area contributed by atoms with Crippen LogP contribution in [0.5, 0.6) is 5.75 Å². The largest absolute Gasteiger partial charge is 0.508 e. The monoisotopic (exact) mass is 246 g/mol. The number of piperazine rings is 1. The number of amides is 2. The lowest BCUT2D eigenvalue weighted by Gasteiger charge is -2.28. The number of carbonyl (C=O) groups excluding carboxylic acids is 2. The van der Waals surface area contributed by atoms with Crippen LogP contribution in [0, 0.1) is 0 Å². The van der Waals surface area contributed by atoms with Gasteiger partial charge >= 0.3 is 11.8 Å². The lowest BCUT2D eigenvalue weighted by molar-refractivity contribution is -0.138. The van der Waals surface area contributed by atoms with Crippen molar-refractivity contribution in [3.05, 3.63) is 36.4 Å². The summed E-state index contributed by atoms with van der Waals surface area (Å²) in [5, 5.41) is 12.3. The number of benzene rings is 1. The molecule has 2 rings (SSSR count). The SMILES string of the molecule is C=CCc1c(O)cccc1N1CCNC(=O)C1=O. The van der Waals surface area contributed by atoms with Gasteiger partial charge in [0.05, 0.1) is 5.69 Å². The fourth-order valence-electron chi connectivity index (χ4n) is 1.98. The summed E-state index contributed by atoms with van der Waals surface area (Å²) in [6, 6.07) is 4.92. The van der Waals surface area contributed by atoms with Gasteiger partial charge in [0.2, 0.25) is 0 Å². The van der Waals surface area contributed by atoms with E-state index in [9.17, 15) is 14.7 Å². The van der Waals surface area contributed by atoms with Crippen LogP contribution in [0.25, 0.3) is 0 Å². The zero-order valence-electron chi connectivity index (χ0n) is 9.85. The molecule has 18 heavy (non-hydrogen) atoms. The highest BCUT2D eigenvalue weighted by atomic mass is 16.3. The quantitative estimate of drug-likeness (QED) is 0.605. The number of nitrogens with one attached hydrogen (secondary N) is 1. The van der Waals surface area contributed by atoms with Crippen molar-refractivity contribution in [2.45, 2.75) is 6.42 Å². The van der Waals surface area contributed by atoms with Gasteiger partial charge < -0.3 is 15.3 Å². The molecule has 1 aliphatic rings. The number of carbonyl (C=O) groups is 2. The molecule has 1 aliphatic heterocycles. The number of allylic oxidation sites excluding steroid dienone is 1. The van der Waals surface area contributed by atoms with Crippen LogP contribution in [-0.2, 0) is 16.0 Å². The van der Waals surface area contributed by atoms with Crippen molar-refractivity contribution in [1.29, 1.82) is 0 Å². The van der Waals surface area contributed by atoms with Crippen LogP contribution in [0.3, 0.4) is 0 Å². The van der Waals surface area contributed by atoms with Crippen molar-refractivity contribution in [3.63, 3.8) is 0 Å². The highest BCUT2D eigenvalue weighted by Gasteiger charge is 2.28. The van der Waals surface area contributed by atoms with Crippen molar-refractivity contribution in [1.82, 2.24) is 5.32 Å². The molecule has 1 aromatic rings. The summed E-state index contributed by atoms with van der Waals surface area (Å²) in [6.45, 7) is 4.43. The van der Waals surface area contributed by atoms with Crippen molar-refractivity contribution in [3.8, 4) is 5.75 Å². The Labute approximate surface area is 105 Å². The number of rotatable bonds is 3. The molecule has 94 valence electrons. The molecule has 0 radical (unpaired) electrons. The molecule has 5 heteroatoms. The Morgan fingerprint density at radius 2 is 2.22 bits per heavy atom. The Morgan fingerprint density at radius 1 is 1.44 bits per heavy atom. The van der Waals surface area contributed by atoms with Crippen molar-refractivity contribution in [2.24, 2.45) is 0 Å². The topological polar surface area (TPSA) is 69.6 Å². The van der Waals surface area contributed by atoms with E-state index < -0.39 is 11.8 Å². The maximum absolute atomic E-state index is 11.8. The van der Waals surface area contributed by atoms with Crippen LogP contribution in [0.1, 0.15) is 5.56 Å². The molecule has 2 N–H and O–H groups in total. The molecule has 0 saturated carbocycles. The van der Waals surface area contributed by atoms with Crippen LogP contribution in [0.4, 0.5) is 5.69 Å². The van der Waals surface area contributed by atoms with Gasteiger partial charge in [0.15, 0.2) is 0 Å². The lowest BCUT2D eigenvalue weighted by atomic mass is 10.1. The van der Waals surface area contributed by atoms with Crippen molar-refractivity contribution < 1.29 is 14.7 Å². The fourth-order valence-corrected chi connectivity index (χ4v) is 1.98. The third-order valence-electron chi connectivity index (χ3n) is 2.83. The van der Waals surface area contributed by atoms with E-state index in [-0.39, 0.29) is 5.75 Å². The lowest BCUT2D eigenvalue weighted by Crippen LogP contribution is -2.52. The van der Waals surface area contributed by atoms with Gasteiger partial charge in [-0.05, 0) is 18.6 Å². The molecule has 2 amide bonds. The summed E-state index contributed by atoms with van der Waals surface area (Å²) in [5.41, 5.74) is 1.17. The van der Waals surface area contributed by atoms with Gasteiger partial charge in [-0.1, -0.05) is 12.1 Å². The van der Waals surface area contributed by atoms with Crippen LogP contribution in [-0.4, -0.2) is 30.0 Å². The van der Waals surface area contributed by atoms with Gasteiger partial charge in [0.25, 0.3) is 0 Å². The van der Waals surface area contributed by atoms with Crippen LogP contribution < -0.4 is 10.2 Å². The first kappa shape index (κ1) is 12.2.